The summed E-state index contributed by atoms with van der Waals surface area (Å²) < 4.78 is 7.74. The third kappa shape index (κ3) is 12.5. The predicted octanol–water partition coefficient (Wildman–Crippen LogP) is 9.24. The molecule has 7 aromatic rings. The van der Waals surface area contributed by atoms with Gasteiger partial charge in [-0.3, -0.25) is 19.1 Å². The summed E-state index contributed by atoms with van der Waals surface area (Å²) in [6.45, 7) is 40.0. The molecule has 17 nitrogen and oxygen atoms in total. The molecule has 0 bridgehead atoms. The summed E-state index contributed by atoms with van der Waals surface area (Å²) in [6.07, 6.45) is 9.49. The molecule has 17 heteroatoms. The Kier molecular flexibility index (Phi) is 17.2. The van der Waals surface area contributed by atoms with E-state index in [1.807, 2.05) is 65.6 Å². The van der Waals surface area contributed by atoms with Crippen LogP contribution in [0.2, 0.25) is 0 Å². The van der Waals surface area contributed by atoms with E-state index in [4.69, 9.17) is 0 Å². The Morgan fingerprint density at radius 2 is 1.08 bits per heavy atom. The van der Waals surface area contributed by atoms with Gasteiger partial charge in [-0.1, -0.05) is 6.58 Å². The number of hydrogen-bond donors (Lipinski definition) is 2. The molecule has 7 aromatic heterocycles. The van der Waals surface area contributed by atoms with Gasteiger partial charge in [0.25, 0.3) is 11.1 Å². The Balaban J connectivity index is 0.000000181. The van der Waals surface area contributed by atoms with Gasteiger partial charge in [0.15, 0.2) is 5.65 Å². The van der Waals surface area contributed by atoms with Crippen molar-refractivity contribution >= 4 is 38.9 Å². The number of imidazole rings is 1. The maximum absolute atomic E-state index is 11.5. The second kappa shape index (κ2) is 21.9. The molecule has 0 unspecified atom stereocenters. The molecule has 0 aliphatic carbocycles. The minimum absolute atomic E-state index is 0.0631. The number of allylic oxidation sites excluding steroid dienone is 1. The molecule has 1 aliphatic rings. The first-order valence-corrected chi connectivity index (χ1v) is 22.4. The number of nitrogens with zero attached hydrogens (tertiary/aromatic N) is 12. The zero-order chi connectivity index (χ0) is 49.5. The maximum atomic E-state index is 11.5. The number of hydrogen-bond acceptors (Lipinski definition) is 11. The lowest BCUT2D eigenvalue weighted by Gasteiger charge is -2.28. The smallest absolute Gasteiger partial charge is 0.328 e. The predicted molar refractivity (Wildman–Crippen MR) is 267 cm³/mol. The lowest BCUT2D eigenvalue weighted by molar-refractivity contribution is 0.377. The van der Waals surface area contributed by atoms with Crippen molar-refractivity contribution < 1.29 is 0 Å². The lowest BCUT2D eigenvalue weighted by atomic mass is 10.2. The second-order valence-electron chi connectivity index (χ2n) is 17.9. The topological polar surface area (TPSA) is 195 Å². The van der Waals surface area contributed by atoms with Crippen LogP contribution in [0.15, 0.2) is 80.6 Å². The summed E-state index contributed by atoms with van der Waals surface area (Å²) >= 11 is 0. The van der Waals surface area contributed by atoms with Gasteiger partial charge in [0, 0.05) is 71.7 Å². The quantitative estimate of drug-likeness (QED) is 0.168. The normalized spacial score (nSPS) is 12.5. The summed E-state index contributed by atoms with van der Waals surface area (Å²) in [4.78, 5) is 71.1. The van der Waals surface area contributed by atoms with Crippen LogP contribution in [0.1, 0.15) is 142 Å². The van der Waals surface area contributed by atoms with E-state index in [-0.39, 0.29) is 22.9 Å². The monoisotopic (exact) mass is 903 g/mol. The highest BCUT2D eigenvalue weighted by Crippen LogP contribution is 2.21. The van der Waals surface area contributed by atoms with Crippen molar-refractivity contribution in [2.24, 2.45) is 4.99 Å². The van der Waals surface area contributed by atoms with Crippen molar-refractivity contribution in [1.29, 1.82) is 0 Å². The Morgan fingerprint density at radius 3 is 1.62 bits per heavy atom. The van der Waals surface area contributed by atoms with Crippen molar-refractivity contribution in [3.63, 3.8) is 0 Å². The number of aryl methyl sites for hydroxylation is 6. The molecule has 0 aromatic carbocycles. The molecule has 0 atom stereocenters. The molecule has 66 heavy (non-hydrogen) atoms. The first-order valence-electron chi connectivity index (χ1n) is 22.4. The molecular weight excluding hydrogens is 833 g/mol. The lowest BCUT2D eigenvalue weighted by Crippen LogP contribution is -2.31. The Morgan fingerprint density at radius 1 is 0.561 bits per heavy atom. The van der Waals surface area contributed by atoms with Crippen LogP contribution in [0.25, 0.3) is 33.2 Å². The van der Waals surface area contributed by atoms with Gasteiger partial charge in [0.2, 0.25) is 0 Å². The van der Waals surface area contributed by atoms with Crippen molar-refractivity contribution in [2.75, 3.05) is 0 Å². The number of H-pyrrole nitrogens is 2. The van der Waals surface area contributed by atoms with E-state index >= 15 is 0 Å². The van der Waals surface area contributed by atoms with Gasteiger partial charge in [0.1, 0.15) is 40.1 Å². The maximum Gasteiger partial charge on any atom is 0.328 e. The summed E-state index contributed by atoms with van der Waals surface area (Å²) in [5.41, 5.74) is 7.79. The number of aromatic nitrogens is 12. The van der Waals surface area contributed by atoms with Gasteiger partial charge >= 0.3 is 5.69 Å². The fraction of sp³-hybridized carbons (Fsp3) is 0.469. The summed E-state index contributed by atoms with van der Waals surface area (Å²) in [5, 5.41) is 1.81. The average molecular weight is 903 g/mol. The fourth-order valence-corrected chi connectivity index (χ4v) is 7.01. The van der Waals surface area contributed by atoms with Crippen molar-refractivity contribution in [3.05, 3.63) is 127 Å². The van der Waals surface area contributed by atoms with E-state index in [9.17, 15) is 14.4 Å². The molecule has 354 valence electrons. The van der Waals surface area contributed by atoms with Crippen molar-refractivity contribution in [1.82, 2.24) is 63.0 Å². The molecule has 0 saturated carbocycles. The SMILES string of the molecule is C=C1N=C(C)C(C)=CN1C(C)C.Cc1cn(C(C)C)c(=O)[nH]c1=O.Cc1nc(C)c2ccn(C(C)C)c2n1.Cc1nc(C)c2ncn(C(C)C)c2n1.Cc1nc2c(ccn2C(C)C)c(=O)[nH]1. The number of nitrogens with one attached hydrogen (secondary N) is 2. The van der Waals surface area contributed by atoms with E-state index in [0.717, 1.165) is 62.4 Å². The van der Waals surface area contributed by atoms with Crippen LogP contribution in [0.4, 0.5) is 0 Å². The highest BCUT2D eigenvalue weighted by molar-refractivity contribution is 5.98. The van der Waals surface area contributed by atoms with Gasteiger partial charge in [-0.25, -0.2) is 39.7 Å². The first-order chi connectivity index (χ1) is 30.8. The van der Waals surface area contributed by atoms with E-state index in [2.05, 4.69) is 146 Å². The van der Waals surface area contributed by atoms with Gasteiger partial charge in [0.05, 0.1) is 23.1 Å². The third-order valence-electron chi connectivity index (χ3n) is 10.7. The zero-order valence-electron chi connectivity index (χ0n) is 42.2. The van der Waals surface area contributed by atoms with E-state index in [1.54, 1.807) is 26.1 Å². The van der Waals surface area contributed by atoms with Crippen molar-refractivity contribution in [3.8, 4) is 0 Å². The van der Waals surface area contributed by atoms with Gasteiger partial charge < -0.3 is 23.6 Å². The number of aromatic amines is 2. The molecule has 0 radical (unpaired) electrons. The van der Waals surface area contributed by atoms with Gasteiger partial charge in [-0.15, -0.1) is 0 Å². The van der Waals surface area contributed by atoms with Crippen LogP contribution in [0.3, 0.4) is 0 Å². The van der Waals surface area contributed by atoms with Gasteiger partial charge in [-0.2, -0.15) is 0 Å². The largest absolute Gasteiger partial charge is 0.331 e. The molecule has 0 amide bonds. The van der Waals surface area contributed by atoms with Crippen molar-refractivity contribution in [2.45, 2.75) is 155 Å². The number of aliphatic imine (C=N–C) groups is 1. The number of rotatable bonds is 5. The minimum atomic E-state index is -0.347. The molecule has 0 spiro atoms. The summed E-state index contributed by atoms with van der Waals surface area (Å²) in [7, 11) is 0. The van der Waals surface area contributed by atoms with Crippen LogP contribution in [0, 0.1) is 41.5 Å². The van der Waals surface area contributed by atoms with Crippen LogP contribution >= 0.6 is 0 Å². The summed E-state index contributed by atoms with van der Waals surface area (Å²) in [5.74, 6) is 3.14. The molecule has 2 N–H and O–H groups in total. The number of fused-ring (bicyclic) bond motifs is 3. The van der Waals surface area contributed by atoms with E-state index < -0.39 is 0 Å². The minimum Gasteiger partial charge on any atom is -0.331 e. The molecule has 0 fully saturated rings. The second-order valence-corrected chi connectivity index (χ2v) is 17.9. The molecule has 8 heterocycles. The zero-order valence-corrected chi connectivity index (χ0v) is 42.2. The fourth-order valence-electron chi connectivity index (χ4n) is 7.01. The Labute approximate surface area is 387 Å². The average Bonchev–Trinajstić information content (AvgIpc) is 3.96. The third-order valence-corrected chi connectivity index (χ3v) is 10.7. The van der Waals surface area contributed by atoms with Gasteiger partial charge in [-0.05, 0) is 142 Å². The standard InChI is InChI=1S/C11H15N3.C10H14N4.C10H13N3O.C10H16N2.C8H12N2O2/c1-7(2)14-6-5-10-8(3)12-9(4)13-11(10)14;1-6(2)14-5-11-9-7(3)12-8(4)13-10(9)14;1-6(2)13-5-4-8-9(13)11-7(3)12-10(8)14;1-7(2)12-6-8(3)9(4)11-10(12)5;1-5(2)10-4-6(3)7(11)9-8(10)12/h5-7H,1-4H3;5-6H,1-4H3;4-6H,1-3H3,(H,11,12,14);6-7H,5H2,1-4H3;4-5H,1-3H3,(H,9,11,12). The van der Waals surface area contributed by atoms with Crippen LogP contribution in [0.5, 0.6) is 0 Å². The first kappa shape index (κ1) is 51.9. The molecule has 1 aliphatic heterocycles. The summed E-state index contributed by atoms with van der Waals surface area (Å²) in [6, 6.07) is 5.55. The Hall–Kier alpha value is -6.78. The Bertz CT molecular complexity index is 2970. The molecule has 8 rings (SSSR count). The highest BCUT2D eigenvalue weighted by Gasteiger charge is 2.15. The van der Waals surface area contributed by atoms with Crippen LogP contribution in [-0.4, -0.2) is 74.8 Å². The van der Waals surface area contributed by atoms with E-state index in [0.29, 0.717) is 40.9 Å². The molecular formula is C49H70N14O3. The van der Waals surface area contributed by atoms with Crippen LogP contribution < -0.4 is 16.8 Å². The molecule has 0 saturated heterocycles. The van der Waals surface area contributed by atoms with Crippen LogP contribution in [-0.2, 0) is 0 Å². The van der Waals surface area contributed by atoms with E-state index in [1.165, 1.54) is 10.1 Å². The highest BCUT2D eigenvalue weighted by atomic mass is 16.2.